The Balaban J connectivity index is 2.08. The van der Waals surface area contributed by atoms with Crippen molar-refractivity contribution in [1.29, 1.82) is 0 Å². The Hall–Kier alpha value is -2.39. The second-order valence-electron chi connectivity index (χ2n) is 6.68. The molecular weight excluding hydrogens is 501 g/mol. The van der Waals surface area contributed by atoms with Gasteiger partial charge in [0.05, 0.1) is 27.8 Å². The number of phenolic OH excluding ortho intramolecular Hbond substituents is 1. The summed E-state index contributed by atoms with van der Waals surface area (Å²) in [7, 11) is 1.45. The van der Waals surface area contributed by atoms with Gasteiger partial charge in [0.2, 0.25) is 0 Å². The first-order valence-corrected chi connectivity index (χ1v) is 10.4. The van der Waals surface area contributed by atoms with Gasteiger partial charge in [0.25, 0.3) is 5.69 Å². The van der Waals surface area contributed by atoms with Gasteiger partial charge in [0.15, 0.2) is 11.5 Å². The maximum atomic E-state index is 10.7. The van der Waals surface area contributed by atoms with Crippen LogP contribution in [-0.4, -0.2) is 27.4 Å². The minimum absolute atomic E-state index is 0.0217. The van der Waals surface area contributed by atoms with Gasteiger partial charge in [-0.15, -0.1) is 5.73 Å². The first-order chi connectivity index (χ1) is 14.3. The van der Waals surface area contributed by atoms with Gasteiger partial charge in [0, 0.05) is 25.0 Å². The first-order valence-electron chi connectivity index (χ1n) is 9.36. The van der Waals surface area contributed by atoms with Crippen molar-refractivity contribution < 1.29 is 25.0 Å². The lowest BCUT2D eigenvalue weighted by Crippen LogP contribution is -2.00. The predicted octanol–water partition coefficient (Wildman–Crippen LogP) is 4.95. The molecule has 0 aliphatic heterocycles. The van der Waals surface area contributed by atoms with Crippen molar-refractivity contribution in [2.75, 3.05) is 7.11 Å². The molecule has 3 N–H and O–H groups in total. The number of aliphatic hydroxyl groups is 2. The molecular formula is C22H24INO6. The highest BCUT2D eigenvalue weighted by molar-refractivity contribution is 14.1. The van der Waals surface area contributed by atoms with Crippen LogP contribution in [0.25, 0.3) is 0 Å². The van der Waals surface area contributed by atoms with Crippen LogP contribution < -0.4 is 4.74 Å². The van der Waals surface area contributed by atoms with Gasteiger partial charge in [0.1, 0.15) is 0 Å². The van der Waals surface area contributed by atoms with Crippen LogP contribution in [0, 0.1) is 13.7 Å². The van der Waals surface area contributed by atoms with E-state index in [-0.39, 0.29) is 11.4 Å². The predicted molar refractivity (Wildman–Crippen MR) is 122 cm³/mol. The van der Waals surface area contributed by atoms with Crippen LogP contribution in [0.2, 0.25) is 0 Å². The fraction of sp³-hybridized carbons (Fsp3) is 0.318. The number of halogens is 1. The number of aliphatic hydroxyl groups excluding tert-OH is 2. The first kappa shape index (κ1) is 23.9. The van der Waals surface area contributed by atoms with Gasteiger partial charge in [-0.05, 0) is 76.1 Å². The number of hydrogen-bond donors (Lipinski definition) is 3. The fourth-order valence-electron chi connectivity index (χ4n) is 2.87. The molecule has 2 aromatic carbocycles. The number of non-ortho nitro benzene ring substituents is 1. The third-order valence-electron chi connectivity index (χ3n) is 4.66. The van der Waals surface area contributed by atoms with Gasteiger partial charge in [-0.2, -0.15) is 0 Å². The van der Waals surface area contributed by atoms with E-state index in [9.17, 15) is 25.4 Å². The summed E-state index contributed by atoms with van der Waals surface area (Å²) in [5.74, 6) is 0.342. The Morgan fingerprint density at radius 2 is 1.90 bits per heavy atom. The topological polar surface area (TPSA) is 113 Å². The van der Waals surface area contributed by atoms with Gasteiger partial charge < -0.3 is 20.1 Å². The molecule has 0 aromatic heterocycles. The molecule has 0 unspecified atom stereocenters. The minimum Gasteiger partial charge on any atom is -0.504 e. The van der Waals surface area contributed by atoms with Crippen LogP contribution in [-0.2, 0) is 0 Å². The van der Waals surface area contributed by atoms with E-state index in [4.69, 9.17) is 4.74 Å². The maximum Gasteiger partial charge on any atom is 0.269 e. The Morgan fingerprint density at radius 1 is 1.23 bits per heavy atom. The molecule has 0 fully saturated rings. The summed E-state index contributed by atoms with van der Waals surface area (Å²) >= 11 is 1.97. The summed E-state index contributed by atoms with van der Waals surface area (Å²) in [6.07, 6.45) is 1.44. The summed E-state index contributed by atoms with van der Waals surface area (Å²) < 4.78 is 5.71. The lowest BCUT2D eigenvalue weighted by Gasteiger charge is -2.13. The summed E-state index contributed by atoms with van der Waals surface area (Å²) in [6.45, 7) is 1.95. The molecule has 0 saturated carbocycles. The summed E-state index contributed by atoms with van der Waals surface area (Å²) in [4.78, 5) is 10.3. The maximum absolute atomic E-state index is 10.7. The number of benzene rings is 2. The zero-order valence-corrected chi connectivity index (χ0v) is 18.9. The smallest absolute Gasteiger partial charge is 0.269 e. The molecule has 160 valence electrons. The monoisotopic (exact) mass is 525 g/mol. The van der Waals surface area contributed by atoms with Crippen molar-refractivity contribution in [1.82, 2.24) is 0 Å². The molecule has 0 saturated heterocycles. The number of aromatic hydroxyl groups is 1. The average Bonchev–Trinajstić information content (AvgIpc) is 2.74. The fourth-order valence-corrected chi connectivity index (χ4v) is 3.49. The zero-order valence-electron chi connectivity index (χ0n) is 16.7. The van der Waals surface area contributed by atoms with Gasteiger partial charge in [-0.3, -0.25) is 10.1 Å². The van der Waals surface area contributed by atoms with Gasteiger partial charge in [-0.25, -0.2) is 0 Å². The average molecular weight is 525 g/mol. The van der Waals surface area contributed by atoms with Crippen LogP contribution in [0.5, 0.6) is 11.5 Å². The molecule has 0 heterocycles. The number of phenols is 1. The van der Waals surface area contributed by atoms with Crippen molar-refractivity contribution >= 4 is 28.3 Å². The summed E-state index contributed by atoms with van der Waals surface area (Å²) in [6, 6.07) is 9.12. The van der Waals surface area contributed by atoms with E-state index in [1.54, 1.807) is 30.3 Å². The Morgan fingerprint density at radius 3 is 2.47 bits per heavy atom. The van der Waals surface area contributed by atoms with E-state index in [1.807, 2.05) is 29.5 Å². The molecule has 0 bridgehead atoms. The number of nitro groups is 1. The third-order valence-corrected chi connectivity index (χ3v) is 5.48. The standard InChI is InChI=1S/C22H24INO6/c1-3-14(11-20(26)15-7-9-17(10-8-15)24(28)29)5-4-6-19(25)16-12-18(23)22(27)21(13-16)30-2/h4,7-10,12-13,19-20,25-27H,3,6,11H2,1-2H3/t5?,19-,20-/m1/s1. The second-order valence-corrected chi connectivity index (χ2v) is 7.84. The highest BCUT2D eigenvalue weighted by Gasteiger charge is 2.14. The van der Waals surface area contributed by atoms with E-state index < -0.39 is 17.1 Å². The lowest BCUT2D eigenvalue weighted by molar-refractivity contribution is -0.384. The van der Waals surface area contributed by atoms with Crippen LogP contribution >= 0.6 is 22.6 Å². The van der Waals surface area contributed by atoms with Crippen LogP contribution in [0.1, 0.15) is 49.5 Å². The number of hydrogen-bond acceptors (Lipinski definition) is 6. The number of nitrogens with zero attached hydrogens (tertiary/aromatic N) is 1. The summed E-state index contributed by atoms with van der Waals surface area (Å²) in [5.41, 5.74) is 5.20. The molecule has 7 nitrogen and oxygen atoms in total. The van der Waals surface area contributed by atoms with Crippen molar-refractivity contribution in [3.05, 3.63) is 78.6 Å². The molecule has 2 atom stereocenters. The Kier molecular flexibility index (Phi) is 8.86. The minimum atomic E-state index is -0.797. The zero-order chi connectivity index (χ0) is 22.3. The molecule has 30 heavy (non-hydrogen) atoms. The van der Waals surface area contributed by atoms with Gasteiger partial charge in [-0.1, -0.05) is 6.92 Å². The van der Waals surface area contributed by atoms with Crippen LogP contribution in [0.4, 0.5) is 5.69 Å². The molecule has 0 spiro atoms. The second kappa shape index (κ2) is 11.1. The van der Waals surface area contributed by atoms with Crippen molar-refractivity contribution in [2.24, 2.45) is 0 Å². The molecule has 0 amide bonds. The molecule has 0 aliphatic carbocycles. The Labute approximate surface area is 188 Å². The quantitative estimate of drug-likeness (QED) is 0.185. The van der Waals surface area contributed by atoms with Crippen molar-refractivity contribution in [2.45, 2.75) is 38.4 Å². The van der Waals surface area contributed by atoms with E-state index in [1.165, 1.54) is 19.2 Å². The highest BCUT2D eigenvalue weighted by Crippen LogP contribution is 2.35. The SMILES string of the molecule is CCC(=C=CC[C@@H](O)c1cc(I)c(O)c(OC)c1)C[C@@H](O)c1ccc([N+](=O)[O-])cc1. The van der Waals surface area contributed by atoms with Crippen molar-refractivity contribution in [3.63, 3.8) is 0 Å². The van der Waals surface area contributed by atoms with E-state index >= 15 is 0 Å². The van der Waals surface area contributed by atoms with Gasteiger partial charge >= 0.3 is 0 Å². The normalized spacial score (nSPS) is 12.6. The van der Waals surface area contributed by atoms with E-state index in [0.29, 0.717) is 39.7 Å². The summed E-state index contributed by atoms with van der Waals surface area (Å²) in [5, 5.41) is 41.5. The van der Waals surface area contributed by atoms with Crippen LogP contribution in [0.3, 0.4) is 0 Å². The van der Waals surface area contributed by atoms with E-state index in [2.05, 4.69) is 5.73 Å². The number of methoxy groups -OCH3 is 1. The molecule has 2 rings (SSSR count). The van der Waals surface area contributed by atoms with Crippen molar-refractivity contribution in [3.8, 4) is 11.5 Å². The molecule has 2 aromatic rings. The largest absolute Gasteiger partial charge is 0.504 e. The lowest BCUT2D eigenvalue weighted by atomic mass is 10.00. The number of nitro benzene ring substituents is 1. The molecule has 8 heteroatoms. The Bertz CT molecular complexity index is 951. The number of ether oxygens (including phenoxy) is 1. The number of rotatable bonds is 9. The van der Waals surface area contributed by atoms with Crippen LogP contribution in [0.15, 0.2) is 53.8 Å². The van der Waals surface area contributed by atoms with E-state index in [0.717, 1.165) is 5.57 Å². The third kappa shape index (κ3) is 6.30. The highest BCUT2D eigenvalue weighted by atomic mass is 127. The molecule has 0 aliphatic rings. The molecule has 0 radical (unpaired) electrons.